The van der Waals surface area contributed by atoms with E-state index in [1.54, 1.807) is 13.0 Å². The van der Waals surface area contributed by atoms with Crippen LogP contribution in [-0.4, -0.2) is 19.3 Å². The third-order valence-corrected chi connectivity index (χ3v) is 5.48. The Bertz CT molecular complexity index is 1010. The molecule has 0 amide bonds. The highest BCUT2D eigenvalue weighted by Crippen LogP contribution is 2.48. The van der Waals surface area contributed by atoms with Crippen molar-refractivity contribution in [1.29, 1.82) is 0 Å². The van der Waals surface area contributed by atoms with Gasteiger partial charge in [0, 0.05) is 25.6 Å². The van der Waals surface area contributed by atoms with Crippen molar-refractivity contribution in [2.75, 3.05) is 7.11 Å². The molecule has 2 aromatic rings. The minimum atomic E-state index is -4.82. The van der Waals surface area contributed by atoms with Gasteiger partial charge in [0.05, 0.1) is 18.4 Å². The summed E-state index contributed by atoms with van der Waals surface area (Å²) in [4.78, 5) is 16.9. The lowest BCUT2D eigenvalue weighted by molar-refractivity contribution is -0.269. The summed E-state index contributed by atoms with van der Waals surface area (Å²) in [6.07, 6.45) is -3.91. The van der Waals surface area contributed by atoms with Crippen LogP contribution in [0.4, 0.5) is 13.2 Å². The zero-order chi connectivity index (χ0) is 21.6. The number of methoxy groups -OCH3 is 1. The van der Waals surface area contributed by atoms with Gasteiger partial charge in [-0.15, -0.1) is 0 Å². The first-order valence-corrected chi connectivity index (χ1v) is 9.62. The minimum absolute atomic E-state index is 0.0426. The van der Waals surface area contributed by atoms with Gasteiger partial charge in [-0.3, -0.25) is 10.3 Å². The maximum absolute atomic E-state index is 14.1. The summed E-state index contributed by atoms with van der Waals surface area (Å²) >= 11 is 15.1. The van der Waals surface area contributed by atoms with Gasteiger partial charge in [-0.05, 0) is 48.9 Å². The molecule has 1 atom stereocenters. The van der Waals surface area contributed by atoms with Crippen molar-refractivity contribution in [3.8, 4) is 0 Å². The molecule has 1 unspecified atom stereocenters. The van der Waals surface area contributed by atoms with Crippen molar-refractivity contribution in [2.45, 2.75) is 18.7 Å². The Balaban J connectivity index is 2.15. The molecule has 1 heterocycles. The fourth-order valence-electron chi connectivity index (χ4n) is 2.96. The predicted octanol–water partition coefficient (Wildman–Crippen LogP) is 6.18. The summed E-state index contributed by atoms with van der Waals surface area (Å²) in [6, 6.07) is 6.64. The molecule has 29 heavy (non-hydrogen) atoms. The van der Waals surface area contributed by atoms with E-state index in [0.29, 0.717) is 15.6 Å². The molecule has 0 saturated heterocycles. The van der Waals surface area contributed by atoms with Gasteiger partial charge in [0.2, 0.25) is 5.60 Å². The fraction of sp³-hybridized carbons (Fsp3) is 0.211. The van der Waals surface area contributed by atoms with E-state index in [0.717, 1.165) is 18.2 Å². The van der Waals surface area contributed by atoms with Crippen LogP contribution in [0, 0.1) is 6.92 Å². The van der Waals surface area contributed by atoms with Crippen molar-refractivity contribution in [1.82, 2.24) is 5.48 Å². The molecule has 3 rings (SSSR count). The van der Waals surface area contributed by atoms with Crippen LogP contribution in [0.1, 0.15) is 27.0 Å². The van der Waals surface area contributed by atoms with Crippen LogP contribution in [0.25, 0.3) is 5.70 Å². The predicted molar refractivity (Wildman–Crippen MR) is 107 cm³/mol. The number of nitrogens with one attached hydrogen (secondary N) is 1. The molecule has 0 radical (unpaired) electrons. The van der Waals surface area contributed by atoms with E-state index in [1.165, 1.54) is 19.2 Å². The summed E-state index contributed by atoms with van der Waals surface area (Å²) in [5, 5.41) is 0.0852. The Kier molecular flexibility index (Phi) is 5.93. The zero-order valence-electron chi connectivity index (χ0n) is 15.0. The molecule has 154 valence electrons. The van der Waals surface area contributed by atoms with Gasteiger partial charge in [0.1, 0.15) is 0 Å². The Labute approximate surface area is 182 Å². The van der Waals surface area contributed by atoms with Crippen LogP contribution in [0.5, 0.6) is 0 Å². The molecule has 0 aliphatic carbocycles. The standard InChI is InChI=1S/C19H13BrCl2F3NO3/c1-9-3-14(15(20)7-13(9)17(27)28-2)16-8-18(29-26-16,19(23,24)25)10-4-11(21)6-12(22)5-10/h3-8,26H,1-2H3. The van der Waals surface area contributed by atoms with E-state index in [9.17, 15) is 18.0 Å². The maximum Gasteiger partial charge on any atom is 0.428 e. The summed E-state index contributed by atoms with van der Waals surface area (Å²) in [6.45, 7) is 1.65. The molecular weight excluding hydrogens is 498 g/mol. The van der Waals surface area contributed by atoms with Crippen LogP contribution in [0.15, 0.2) is 40.9 Å². The molecule has 1 aliphatic heterocycles. The number of aryl methyl sites for hydroxylation is 1. The number of benzene rings is 2. The Morgan fingerprint density at radius 1 is 1.17 bits per heavy atom. The maximum atomic E-state index is 14.1. The molecule has 0 fully saturated rings. The number of carbonyl (C=O) groups is 1. The molecule has 0 bridgehead atoms. The van der Waals surface area contributed by atoms with Crippen molar-refractivity contribution < 1.29 is 27.5 Å². The SMILES string of the molecule is COC(=O)c1cc(Br)c(C2=CC(c3cc(Cl)cc(Cl)c3)(C(F)(F)F)ON2)cc1C. The summed E-state index contributed by atoms with van der Waals surface area (Å²) < 4.78 is 47.3. The summed E-state index contributed by atoms with van der Waals surface area (Å²) in [5.41, 5.74) is 0.508. The Hall–Kier alpha value is -1.74. The second kappa shape index (κ2) is 7.83. The van der Waals surface area contributed by atoms with Crippen LogP contribution in [0.3, 0.4) is 0 Å². The second-order valence-corrected chi connectivity index (χ2v) is 8.02. The molecule has 0 aromatic heterocycles. The summed E-state index contributed by atoms with van der Waals surface area (Å²) in [7, 11) is 1.24. The molecule has 0 spiro atoms. The first-order valence-electron chi connectivity index (χ1n) is 8.07. The van der Waals surface area contributed by atoms with Crippen molar-refractivity contribution in [3.05, 3.63) is 73.2 Å². The highest BCUT2D eigenvalue weighted by atomic mass is 79.9. The lowest BCUT2D eigenvalue weighted by atomic mass is 9.91. The molecule has 2 aromatic carbocycles. The van der Waals surface area contributed by atoms with Gasteiger partial charge in [0.15, 0.2) is 0 Å². The lowest BCUT2D eigenvalue weighted by Crippen LogP contribution is -2.42. The molecule has 1 N–H and O–H groups in total. The van der Waals surface area contributed by atoms with Crippen LogP contribution in [-0.2, 0) is 15.2 Å². The Morgan fingerprint density at radius 2 is 1.79 bits per heavy atom. The number of hydrogen-bond acceptors (Lipinski definition) is 4. The smallest absolute Gasteiger partial charge is 0.428 e. The van der Waals surface area contributed by atoms with Crippen molar-refractivity contribution >= 4 is 50.8 Å². The third-order valence-electron chi connectivity index (χ3n) is 4.39. The van der Waals surface area contributed by atoms with E-state index in [2.05, 4.69) is 21.4 Å². The van der Waals surface area contributed by atoms with Crippen LogP contribution in [0.2, 0.25) is 10.0 Å². The Morgan fingerprint density at radius 3 is 2.34 bits per heavy atom. The van der Waals surface area contributed by atoms with E-state index in [1.807, 2.05) is 0 Å². The van der Waals surface area contributed by atoms with Gasteiger partial charge in [0.25, 0.3) is 0 Å². The van der Waals surface area contributed by atoms with Gasteiger partial charge >= 0.3 is 12.1 Å². The number of ether oxygens (including phenoxy) is 1. The van der Waals surface area contributed by atoms with Crippen molar-refractivity contribution in [3.63, 3.8) is 0 Å². The van der Waals surface area contributed by atoms with Gasteiger partial charge in [-0.1, -0.05) is 39.1 Å². The second-order valence-electron chi connectivity index (χ2n) is 6.29. The first kappa shape index (κ1) is 22.0. The molecule has 4 nitrogen and oxygen atoms in total. The molecular formula is C19H13BrCl2F3NO3. The number of hydroxylamine groups is 1. The fourth-order valence-corrected chi connectivity index (χ4v) is 4.05. The molecule has 1 aliphatic rings. The highest BCUT2D eigenvalue weighted by molar-refractivity contribution is 9.10. The van der Waals surface area contributed by atoms with E-state index < -0.39 is 17.7 Å². The van der Waals surface area contributed by atoms with Crippen molar-refractivity contribution in [2.24, 2.45) is 0 Å². The third kappa shape index (κ3) is 3.99. The van der Waals surface area contributed by atoms with E-state index >= 15 is 0 Å². The van der Waals surface area contributed by atoms with Gasteiger partial charge < -0.3 is 4.74 Å². The monoisotopic (exact) mass is 509 g/mol. The number of hydrogen-bond donors (Lipinski definition) is 1. The minimum Gasteiger partial charge on any atom is -0.465 e. The largest absolute Gasteiger partial charge is 0.465 e. The zero-order valence-corrected chi connectivity index (χ0v) is 18.1. The topological polar surface area (TPSA) is 47.6 Å². The van der Waals surface area contributed by atoms with Crippen LogP contribution >= 0.6 is 39.1 Å². The normalized spacial score (nSPS) is 19.0. The summed E-state index contributed by atoms with van der Waals surface area (Å²) in [5.74, 6) is -0.558. The van der Waals surface area contributed by atoms with Crippen LogP contribution < -0.4 is 5.48 Å². The average Bonchev–Trinajstić information content (AvgIpc) is 3.08. The number of halogens is 6. The number of esters is 1. The quantitative estimate of drug-likeness (QED) is 0.500. The molecule has 0 saturated carbocycles. The number of carbonyl (C=O) groups excluding carboxylic acids is 1. The van der Waals surface area contributed by atoms with E-state index in [-0.39, 0.29) is 26.9 Å². The lowest BCUT2D eigenvalue weighted by Gasteiger charge is -2.28. The first-order chi connectivity index (χ1) is 13.5. The number of rotatable bonds is 3. The highest BCUT2D eigenvalue weighted by Gasteiger charge is 2.59. The van der Waals surface area contributed by atoms with E-state index in [4.69, 9.17) is 32.8 Å². The molecule has 10 heteroatoms. The number of alkyl halides is 3. The average molecular weight is 511 g/mol. The van der Waals surface area contributed by atoms with Gasteiger partial charge in [-0.25, -0.2) is 4.79 Å². The van der Waals surface area contributed by atoms with Gasteiger partial charge in [-0.2, -0.15) is 13.2 Å².